The summed E-state index contributed by atoms with van der Waals surface area (Å²) in [4.78, 5) is 40.3. The van der Waals surface area contributed by atoms with E-state index in [9.17, 15) is 14.4 Å². The molecular weight excluding hydrogens is 386 g/mol. The van der Waals surface area contributed by atoms with Crippen molar-refractivity contribution in [2.45, 2.75) is 26.7 Å². The molecule has 3 rings (SSSR count). The van der Waals surface area contributed by atoms with Crippen molar-refractivity contribution in [3.63, 3.8) is 0 Å². The third-order valence-electron chi connectivity index (χ3n) is 5.31. The Morgan fingerprint density at radius 2 is 1.29 bits per heavy atom. The van der Waals surface area contributed by atoms with E-state index in [1.807, 2.05) is 43.3 Å². The SMILES string of the molecule is Cc1ccc(C(=O)C(c2ccccc2)C(C(=O)Nc2ccccc2)C(=O)C(C)C)cc1. The van der Waals surface area contributed by atoms with Crippen LogP contribution in [0.1, 0.15) is 41.3 Å². The molecule has 0 saturated heterocycles. The smallest absolute Gasteiger partial charge is 0.236 e. The van der Waals surface area contributed by atoms with Gasteiger partial charge in [0, 0.05) is 17.2 Å². The summed E-state index contributed by atoms with van der Waals surface area (Å²) < 4.78 is 0. The lowest BCUT2D eigenvalue weighted by Gasteiger charge is -2.26. The number of amides is 1. The zero-order valence-corrected chi connectivity index (χ0v) is 18.0. The minimum absolute atomic E-state index is 0.242. The first-order chi connectivity index (χ1) is 14.9. The second-order valence-electron chi connectivity index (χ2n) is 8.01. The highest BCUT2D eigenvalue weighted by Crippen LogP contribution is 2.32. The van der Waals surface area contributed by atoms with Gasteiger partial charge in [0.05, 0.1) is 5.92 Å². The standard InChI is InChI=1S/C27H27NO3/c1-18(2)25(29)24(27(31)28-22-12-8-5-9-13-22)23(20-10-6-4-7-11-20)26(30)21-16-14-19(3)15-17-21/h4-18,23-24H,1-3H3,(H,28,31). The largest absolute Gasteiger partial charge is 0.325 e. The van der Waals surface area contributed by atoms with E-state index in [2.05, 4.69) is 5.32 Å². The first-order valence-electron chi connectivity index (χ1n) is 10.4. The van der Waals surface area contributed by atoms with Gasteiger partial charge in [-0.25, -0.2) is 0 Å². The molecule has 1 amide bonds. The van der Waals surface area contributed by atoms with E-state index < -0.39 is 23.7 Å². The monoisotopic (exact) mass is 413 g/mol. The number of carbonyl (C=O) groups is 3. The third-order valence-corrected chi connectivity index (χ3v) is 5.31. The maximum atomic E-state index is 13.6. The molecule has 0 bridgehead atoms. The lowest BCUT2D eigenvalue weighted by molar-refractivity contribution is -0.133. The highest BCUT2D eigenvalue weighted by molar-refractivity contribution is 6.14. The second-order valence-corrected chi connectivity index (χ2v) is 8.01. The molecule has 3 aromatic carbocycles. The van der Waals surface area contributed by atoms with Crippen LogP contribution in [0.5, 0.6) is 0 Å². The molecule has 0 aliphatic carbocycles. The molecule has 0 heterocycles. The Balaban J connectivity index is 2.08. The van der Waals surface area contributed by atoms with Crippen LogP contribution in [0.15, 0.2) is 84.9 Å². The maximum Gasteiger partial charge on any atom is 0.236 e. The van der Waals surface area contributed by atoms with Crippen LogP contribution in [0.2, 0.25) is 0 Å². The Bertz CT molecular complexity index is 1040. The maximum absolute atomic E-state index is 13.6. The molecule has 1 N–H and O–H groups in total. The van der Waals surface area contributed by atoms with Crippen molar-refractivity contribution in [3.05, 3.63) is 102 Å². The van der Waals surface area contributed by atoms with Crippen molar-refractivity contribution in [1.29, 1.82) is 0 Å². The van der Waals surface area contributed by atoms with Gasteiger partial charge in [-0.1, -0.05) is 92.2 Å². The van der Waals surface area contributed by atoms with Crippen molar-refractivity contribution in [2.75, 3.05) is 5.32 Å². The highest BCUT2D eigenvalue weighted by atomic mass is 16.2. The molecule has 0 spiro atoms. The second kappa shape index (κ2) is 9.98. The zero-order valence-electron chi connectivity index (χ0n) is 18.0. The van der Waals surface area contributed by atoms with Crippen molar-refractivity contribution >= 4 is 23.2 Å². The molecule has 31 heavy (non-hydrogen) atoms. The van der Waals surface area contributed by atoms with Crippen molar-refractivity contribution < 1.29 is 14.4 Å². The molecule has 4 heteroatoms. The van der Waals surface area contributed by atoms with E-state index in [1.165, 1.54) is 0 Å². The van der Waals surface area contributed by atoms with Crippen molar-refractivity contribution in [2.24, 2.45) is 11.8 Å². The summed E-state index contributed by atoms with van der Waals surface area (Å²) >= 11 is 0. The number of benzene rings is 3. The minimum atomic E-state index is -1.14. The Morgan fingerprint density at radius 3 is 1.84 bits per heavy atom. The first-order valence-corrected chi connectivity index (χ1v) is 10.4. The summed E-state index contributed by atoms with van der Waals surface area (Å²) in [6, 6.07) is 25.3. The molecule has 3 aromatic rings. The van der Waals surface area contributed by atoms with Crippen LogP contribution in [-0.2, 0) is 9.59 Å². The van der Waals surface area contributed by atoms with Gasteiger partial charge in [-0.2, -0.15) is 0 Å². The van der Waals surface area contributed by atoms with E-state index in [1.54, 1.807) is 62.4 Å². The predicted octanol–water partition coefficient (Wildman–Crippen LogP) is 5.44. The van der Waals surface area contributed by atoms with Crippen LogP contribution in [-0.4, -0.2) is 17.5 Å². The van der Waals surface area contributed by atoms with Crippen LogP contribution in [0.25, 0.3) is 0 Å². The van der Waals surface area contributed by atoms with Crippen LogP contribution in [0.3, 0.4) is 0 Å². The Morgan fingerprint density at radius 1 is 0.742 bits per heavy atom. The molecular formula is C27H27NO3. The number of aryl methyl sites for hydroxylation is 1. The highest BCUT2D eigenvalue weighted by Gasteiger charge is 2.41. The third kappa shape index (κ3) is 5.34. The number of hydrogen-bond donors (Lipinski definition) is 1. The molecule has 158 valence electrons. The summed E-state index contributed by atoms with van der Waals surface area (Å²) in [5, 5.41) is 2.83. The summed E-state index contributed by atoms with van der Waals surface area (Å²) in [6.07, 6.45) is 0. The molecule has 0 aliphatic heterocycles. The van der Waals surface area contributed by atoms with Gasteiger partial charge < -0.3 is 5.32 Å². The quantitative estimate of drug-likeness (QED) is 0.395. The average Bonchev–Trinajstić information content (AvgIpc) is 2.78. The molecule has 0 fully saturated rings. The van der Waals surface area contributed by atoms with Gasteiger partial charge in [-0.3, -0.25) is 14.4 Å². The van der Waals surface area contributed by atoms with Gasteiger partial charge in [0.25, 0.3) is 0 Å². The van der Waals surface area contributed by atoms with Crippen LogP contribution >= 0.6 is 0 Å². The normalized spacial score (nSPS) is 12.8. The van der Waals surface area contributed by atoms with E-state index in [0.717, 1.165) is 5.56 Å². The van der Waals surface area contributed by atoms with Crippen molar-refractivity contribution in [1.82, 2.24) is 0 Å². The first kappa shape index (κ1) is 22.2. The van der Waals surface area contributed by atoms with Crippen LogP contribution in [0.4, 0.5) is 5.69 Å². The molecule has 2 unspecified atom stereocenters. The summed E-state index contributed by atoms with van der Waals surface area (Å²) in [5.41, 5.74) is 2.75. The van der Waals surface area contributed by atoms with Crippen LogP contribution < -0.4 is 5.32 Å². The Hall–Kier alpha value is -3.53. The lowest BCUT2D eigenvalue weighted by Crippen LogP contribution is -2.40. The fourth-order valence-electron chi connectivity index (χ4n) is 3.60. The Kier molecular flexibility index (Phi) is 7.14. The zero-order chi connectivity index (χ0) is 22.4. The van der Waals surface area contributed by atoms with Gasteiger partial charge in [-0.15, -0.1) is 0 Å². The van der Waals surface area contributed by atoms with Gasteiger partial charge in [0.2, 0.25) is 5.91 Å². The van der Waals surface area contributed by atoms with Crippen molar-refractivity contribution in [3.8, 4) is 0 Å². The topological polar surface area (TPSA) is 63.2 Å². The summed E-state index contributed by atoms with van der Waals surface area (Å²) in [6.45, 7) is 5.45. The van der Waals surface area contributed by atoms with Gasteiger partial charge in [0.1, 0.15) is 11.7 Å². The number of ketones is 2. The average molecular weight is 414 g/mol. The molecule has 0 radical (unpaired) electrons. The van der Waals surface area contributed by atoms with E-state index >= 15 is 0 Å². The molecule has 2 atom stereocenters. The number of hydrogen-bond acceptors (Lipinski definition) is 3. The number of nitrogens with one attached hydrogen (secondary N) is 1. The number of Topliss-reactive ketones (excluding diaryl/α,β-unsaturated/α-hetero) is 2. The number of rotatable bonds is 8. The summed E-state index contributed by atoms with van der Waals surface area (Å²) in [7, 11) is 0. The minimum Gasteiger partial charge on any atom is -0.325 e. The molecule has 0 aromatic heterocycles. The molecule has 0 aliphatic rings. The number of carbonyl (C=O) groups excluding carboxylic acids is 3. The van der Waals surface area contributed by atoms with Gasteiger partial charge in [0.15, 0.2) is 5.78 Å². The lowest BCUT2D eigenvalue weighted by atomic mass is 9.75. The fourth-order valence-corrected chi connectivity index (χ4v) is 3.60. The van der Waals surface area contributed by atoms with Gasteiger partial charge >= 0.3 is 0 Å². The van der Waals surface area contributed by atoms with Gasteiger partial charge in [-0.05, 0) is 24.6 Å². The van der Waals surface area contributed by atoms with E-state index in [4.69, 9.17) is 0 Å². The van der Waals surface area contributed by atoms with E-state index in [-0.39, 0.29) is 11.6 Å². The Labute approximate surface area is 183 Å². The van der Waals surface area contributed by atoms with Crippen LogP contribution in [0, 0.1) is 18.8 Å². The van der Waals surface area contributed by atoms with E-state index in [0.29, 0.717) is 16.8 Å². The molecule has 0 saturated carbocycles. The summed E-state index contributed by atoms with van der Waals surface area (Å²) in [5.74, 6) is -3.43. The predicted molar refractivity (Wildman–Crippen MR) is 123 cm³/mol. The number of anilines is 1. The number of para-hydroxylation sites is 1. The molecule has 4 nitrogen and oxygen atoms in total. The fraction of sp³-hybridized carbons (Fsp3) is 0.222.